The van der Waals surface area contributed by atoms with Crippen molar-refractivity contribution in [2.24, 2.45) is 0 Å². The van der Waals surface area contributed by atoms with E-state index in [-0.39, 0.29) is 0 Å². The minimum atomic E-state index is 0.377. The molecule has 0 amide bonds. The molecule has 0 saturated carbocycles. The van der Waals surface area contributed by atoms with Gasteiger partial charge < -0.3 is 5.11 Å². The second kappa shape index (κ2) is 4.01. The molecule has 0 fully saturated rings. The van der Waals surface area contributed by atoms with E-state index in [9.17, 15) is 5.11 Å². The Labute approximate surface area is 95.7 Å². The summed E-state index contributed by atoms with van der Waals surface area (Å²) in [7, 11) is 0. The highest BCUT2D eigenvalue weighted by atomic mass is 35.5. The van der Waals surface area contributed by atoms with Crippen LogP contribution >= 0.6 is 34.7 Å². The second-order valence-corrected chi connectivity index (χ2v) is 5.16. The van der Waals surface area contributed by atoms with Gasteiger partial charge in [-0.2, -0.15) is 0 Å². The van der Waals surface area contributed by atoms with Crippen LogP contribution < -0.4 is 0 Å². The molecule has 1 aromatic carbocycles. The molecule has 1 nitrogen and oxygen atoms in total. The van der Waals surface area contributed by atoms with E-state index in [1.807, 2.05) is 24.5 Å². The number of phenols is 1. The molecule has 14 heavy (non-hydrogen) atoms. The van der Waals surface area contributed by atoms with Crippen LogP contribution in [0.4, 0.5) is 0 Å². The Balaban J connectivity index is 2.68. The highest BCUT2D eigenvalue weighted by molar-refractivity contribution is 7.98. The summed E-state index contributed by atoms with van der Waals surface area (Å²) < 4.78 is 1.09. The van der Waals surface area contributed by atoms with E-state index >= 15 is 0 Å². The topological polar surface area (TPSA) is 20.2 Å². The lowest BCUT2D eigenvalue weighted by molar-refractivity contribution is 0.469. The fraction of sp³-hybridized carbons (Fsp3) is 0.200. The minimum Gasteiger partial charge on any atom is -0.506 e. The summed E-state index contributed by atoms with van der Waals surface area (Å²) in [5.41, 5.74) is 0. The Morgan fingerprint density at radius 1 is 1.50 bits per heavy atom. The number of aromatic hydroxyl groups is 1. The van der Waals surface area contributed by atoms with Crippen LogP contribution in [0.15, 0.2) is 23.1 Å². The Morgan fingerprint density at radius 3 is 2.93 bits per heavy atom. The average molecular weight is 245 g/mol. The third kappa shape index (κ3) is 1.60. The number of thioether (sulfide) groups is 1. The van der Waals surface area contributed by atoms with Crippen LogP contribution in [0.25, 0.3) is 10.1 Å². The van der Waals surface area contributed by atoms with E-state index in [0.717, 1.165) is 19.9 Å². The molecule has 1 aromatic heterocycles. The molecule has 0 radical (unpaired) electrons. The number of phenolic OH excluding ortho intramolecular Hbond substituents is 1. The number of thiophene rings is 1. The van der Waals surface area contributed by atoms with Gasteiger partial charge in [0.2, 0.25) is 0 Å². The summed E-state index contributed by atoms with van der Waals surface area (Å²) in [5.74, 6) is 0.885. The van der Waals surface area contributed by atoms with Gasteiger partial charge in [-0.3, -0.25) is 0 Å². The first-order valence-corrected chi connectivity index (χ1v) is 6.68. The molecule has 0 atom stereocenters. The zero-order chi connectivity index (χ0) is 10.1. The van der Waals surface area contributed by atoms with Gasteiger partial charge in [0.15, 0.2) is 0 Å². The van der Waals surface area contributed by atoms with Crippen LogP contribution in [0.3, 0.4) is 0 Å². The quantitative estimate of drug-likeness (QED) is 0.635. The summed E-state index contributed by atoms with van der Waals surface area (Å²) in [5, 5.41) is 10.8. The van der Waals surface area contributed by atoms with E-state index in [1.165, 1.54) is 0 Å². The van der Waals surface area contributed by atoms with Crippen molar-refractivity contribution >= 4 is 44.8 Å². The molecule has 0 unspecified atom stereocenters. The van der Waals surface area contributed by atoms with Gasteiger partial charge in [0.25, 0.3) is 0 Å². The summed E-state index contributed by atoms with van der Waals surface area (Å²) in [4.78, 5) is 2.01. The van der Waals surface area contributed by atoms with Crippen molar-refractivity contribution in [3.63, 3.8) is 0 Å². The molecule has 0 spiro atoms. The van der Waals surface area contributed by atoms with Crippen molar-refractivity contribution in [1.82, 2.24) is 0 Å². The summed E-state index contributed by atoms with van der Waals surface area (Å²) >= 11 is 8.93. The molecule has 0 bridgehead atoms. The van der Waals surface area contributed by atoms with E-state index in [4.69, 9.17) is 11.6 Å². The maximum Gasteiger partial charge on any atom is 0.137 e. The molecular formula is C10H9ClOS2. The molecule has 1 heterocycles. The fourth-order valence-electron chi connectivity index (χ4n) is 1.36. The number of alkyl halides is 1. The largest absolute Gasteiger partial charge is 0.506 e. The van der Waals surface area contributed by atoms with Crippen LogP contribution in [-0.4, -0.2) is 11.4 Å². The third-order valence-corrected chi connectivity index (χ3v) is 4.35. The first-order valence-electron chi connectivity index (χ1n) is 4.10. The van der Waals surface area contributed by atoms with Gasteiger partial charge in [0.05, 0.1) is 5.88 Å². The van der Waals surface area contributed by atoms with Crippen molar-refractivity contribution in [3.05, 3.63) is 23.1 Å². The molecule has 1 N–H and O–H groups in total. The minimum absolute atomic E-state index is 0.377. The number of hydrogen-bond acceptors (Lipinski definition) is 3. The molecular weight excluding hydrogens is 236 g/mol. The fourth-order valence-corrected chi connectivity index (χ4v) is 3.02. The summed E-state index contributed by atoms with van der Waals surface area (Å²) in [6.07, 6.45) is 1.95. The third-order valence-electron chi connectivity index (χ3n) is 2.04. The highest BCUT2D eigenvalue weighted by Gasteiger charge is 2.08. The standard InChI is InChI=1S/C10H9ClOS2/c1-13-9-3-2-8-7(10(9)12)4-6(5-11)14-8/h2-4,12H,5H2,1H3. The zero-order valence-corrected chi connectivity index (χ0v) is 9.97. The monoisotopic (exact) mass is 244 g/mol. The Kier molecular flexibility index (Phi) is 2.91. The molecule has 4 heteroatoms. The number of halogens is 1. The first kappa shape index (κ1) is 10.1. The summed E-state index contributed by atoms with van der Waals surface area (Å²) in [6.45, 7) is 0. The van der Waals surface area contributed by atoms with Crippen LogP contribution in [0.2, 0.25) is 0 Å². The molecule has 0 aliphatic heterocycles. The smallest absolute Gasteiger partial charge is 0.137 e. The zero-order valence-electron chi connectivity index (χ0n) is 7.58. The lowest BCUT2D eigenvalue weighted by Gasteiger charge is -2.00. The number of fused-ring (bicyclic) bond motifs is 1. The number of benzene rings is 1. The van der Waals surface area contributed by atoms with Gasteiger partial charge in [-0.15, -0.1) is 34.7 Å². The predicted molar refractivity (Wildman–Crippen MR) is 64.8 cm³/mol. The molecule has 2 aromatic rings. The van der Waals surface area contributed by atoms with Crippen LogP contribution in [0.5, 0.6) is 5.75 Å². The molecule has 74 valence electrons. The lowest BCUT2D eigenvalue weighted by atomic mass is 10.2. The van der Waals surface area contributed by atoms with Gasteiger partial charge in [-0.25, -0.2) is 0 Å². The van der Waals surface area contributed by atoms with Crippen LogP contribution in [-0.2, 0) is 5.88 Å². The van der Waals surface area contributed by atoms with Crippen LogP contribution in [0, 0.1) is 0 Å². The van der Waals surface area contributed by atoms with Gasteiger partial charge in [-0.05, 0) is 24.5 Å². The number of hydrogen-bond donors (Lipinski definition) is 1. The van der Waals surface area contributed by atoms with Crippen molar-refractivity contribution in [2.45, 2.75) is 10.8 Å². The van der Waals surface area contributed by atoms with E-state index in [0.29, 0.717) is 11.6 Å². The normalized spacial score (nSPS) is 11.0. The van der Waals surface area contributed by atoms with Crippen molar-refractivity contribution in [1.29, 1.82) is 0 Å². The van der Waals surface area contributed by atoms with E-state index in [1.54, 1.807) is 23.1 Å². The van der Waals surface area contributed by atoms with Gasteiger partial charge in [-0.1, -0.05) is 0 Å². The SMILES string of the molecule is CSc1ccc2sc(CCl)cc2c1O. The summed E-state index contributed by atoms with van der Waals surface area (Å²) in [6, 6.07) is 5.93. The molecule has 0 saturated heterocycles. The van der Waals surface area contributed by atoms with Crippen molar-refractivity contribution < 1.29 is 5.11 Å². The van der Waals surface area contributed by atoms with Gasteiger partial charge in [0.1, 0.15) is 5.75 Å². The van der Waals surface area contributed by atoms with Crippen molar-refractivity contribution in [2.75, 3.05) is 6.26 Å². The Hall–Kier alpha value is -0.380. The lowest BCUT2D eigenvalue weighted by Crippen LogP contribution is -1.72. The predicted octanol–water partition coefficient (Wildman–Crippen LogP) is 4.07. The average Bonchev–Trinajstić information content (AvgIpc) is 2.62. The van der Waals surface area contributed by atoms with Gasteiger partial charge in [0, 0.05) is 19.9 Å². The number of rotatable bonds is 2. The maximum atomic E-state index is 9.90. The van der Waals surface area contributed by atoms with Gasteiger partial charge >= 0.3 is 0 Å². The van der Waals surface area contributed by atoms with E-state index < -0.39 is 0 Å². The maximum absolute atomic E-state index is 9.90. The van der Waals surface area contributed by atoms with Crippen molar-refractivity contribution in [3.8, 4) is 5.75 Å². The first-order chi connectivity index (χ1) is 6.76. The highest BCUT2D eigenvalue weighted by Crippen LogP contribution is 2.38. The van der Waals surface area contributed by atoms with Crippen LogP contribution in [0.1, 0.15) is 4.88 Å². The Morgan fingerprint density at radius 2 is 2.29 bits per heavy atom. The molecule has 2 rings (SSSR count). The second-order valence-electron chi connectivity index (χ2n) is 2.87. The molecule has 0 aliphatic carbocycles. The Bertz CT molecular complexity index is 464. The van der Waals surface area contributed by atoms with E-state index in [2.05, 4.69) is 0 Å². The molecule has 0 aliphatic rings.